The van der Waals surface area contributed by atoms with Crippen molar-refractivity contribution >= 4 is 22.8 Å². The largest absolute Gasteiger partial charge is 0.464 e. The van der Waals surface area contributed by atoms with Crippen LogP contribution in [0, 0.1) is 6.92 Å². The average molecular weight is 285 g/mol. The van der Waals surface area contributed by atoms with Crippen LogP contribution in [0.15, 0.2) is 35.1 Å². The Kier molecular flexibility index (Phi) is 3.21. The topological polar surface area (TPSA) is 65.6 Å². The molecule has 0 aliphatic rings. The van der Waals surface area contributed by atoms with Crippen molar-refractivity contribution in [1.82, 2.24) is 14.0 Å². The zero-order chi connectivity index (χ0) is 15.0. The summed E-state index contributed by atoms with van der Waals surface area (Å²) in [5.74, 6) is 0.242. The fraction of sp³-hybridized carbons (Fsp3) is 0.267. The van der Waals surface area contributed by atoms with Crippen LogP contribution in [0.2, 0.25) is 0 Å². The molecule has 1 aromatic carbocycles. The van der Waals surface area contributed by atoms with E-state index in [9.17, 15) is 9.59 Å². The Morgan fingerprint density at radius 3 is 2.86 bits per heavy atom. The molecule has 0 amide bonds. The van der Waals surface area contributed by atoms with Gasteiger partial charge in [-0.05, 0) is 19.1 Å². The average Bonchev–Trinajstić information content (AvgIpc) is 2.81. The molecule has 0 saturated carbocycles. The molecule has 2 aromatic heterocycles. The van der Waals surface area contributed by atoms with Crippen LogP contribution in [-0.2, 0) is 16.1 Å². The van der Waals surface area contributed by atoms with Crippen LogP contribution in [0.3, 0.4) is 0 Å². The van der Waals surface area contributed by atoms with Gasteiger partial charge in [0.15, 0.2) is 0 Å². The van der Waals surface area contributed by atoms with E-state index in [1.54, 1.807) is 10.5 Å². The first-order valence-electron chi connectivity index (χ1n) is 6.69. The van der Waals surface area contributed by atoms with Gasteiger partial charge in [-0.3, -0.25) is 9.59 Å². The quantitative estimate of drug-likeness (QED) is 0.684. The fourth-order valence-corrected chi connectivity index (χ4v) is 2.45. The number of aryl methyl sites for hydroxylation is 1. The molecule has 6 nitrogen and oxygen atoms in total. The van der Waals surface area contributed by atoms with Gasteiger partial charge < -0.3 is 9.30 Å². The molecule has 0 spiro atoms. The van der Waals surface area contributed by atoms with Crippen LogP contribution in [-0.4, -0.2) is 26.5 Å². The number of hydrogen-bond donors (Lipinski definition) is 0. The van der Waals surface area contributed by atoms with E-state index in [0.29, 0.717) is 12.3 Å². The Hall–Kier alpha value is -2.63. The van der Waals surface area contributed by atoms with Crippen molar-refractivity contribution in [2.24, 2.45) is 0 Å². The van der Waals surface area contributed by atoms with E-state index >= 15 is 0 Å². The molecule has 21 heavy (non-hydrogen) atoms. The first-order valence-corrected chi connectivity index (χ1v) is 6.69. The number of hydrogen-bond acceptors (Lipinski definition) is 4. The van der Waals surface area contributed by atoms with Gasteiger partial charge >= 0.3 is 5.97 Å². The van der Waals surface area contributed by atoms with E-state index in [4.69, 9.17) is 4.74 Å². The number of nitrogens with zero attached hydrogens (tertiary/aromatic N) is 3. The van der Waals surface area contributed by atoms with Crippen molar-refractivity contribution in [1.29, 1.82) is 0 Å². The van der Waals surface area contributed by atoms with Crippen molar-refractivity contribution in [3.8, 4) is 0 Å². The van der Waals surface area contributed by atoms with E-state index < -0.39 is 0 Å². The molecule has 0 atom stereocenters. The van der Waals surface area contributed by atoms with E-state index in [1.165, 1.54) is 6.92 Å². The monoisotopic (exact) mass is 285 g/mol. The lowest BCUT2D eigenvalue weighted by Crippen LogP contribution is -2.21. The van der Waals surface area contributed by atoms with Gasteiger partial charge in [0.25, 0.3) is 5.56 Å². The number of fused-ring (bicyclic) bond motifs is 3. The smallest absolute Gasteiger partial charge is 0.302 e. The van der Waals surface area contributed by atoms with Crippen LogP contribution in [0.4, 0.5) is 0 Å². The number of imidazole rings is 1. The maximum Gasteiger partial charge on any atom is 0.302 e. The number of carbonyl (C=O) groups is 1. The minimum atomic E-state index is -0.321. The molecular weight excluding hydrogens is 270 g/mol. The SMILES string of the molecule is CC(=O)OCCn1c(C)cc(=O)n2c3ccccc3nc12. The maximum absolute atomic E-state index is 12.2. The molecular formula is C15H15N3O3. The van der Waals surface area contributed by atoms with Gasteiger partial charge in [0.2, 0.25) is 5.78 Å². The normalized spacial score (nSPS) is 11.1. The second kappa shape index (κ2) is 5.05. The summed E-state index contributed by atoms with van der Waals surface area (Å²) in [7, 11) is 0. The van der Waals surface area contributed by atoms with Crippen molar-refractivity contribution < 1.29 is 9.53 Å². The van der Waals surface area contributed by atoms with Crippen LogP contribution in [0.1, 0.15) is 12.6 Å². The Balaban J connectivity index is 2.19. The van der Waals surface area contributed by atoms with Crippen molar-refractivity contribution in [3.63, 3.8) is 0 Å². The Bertz CT molecular complexity index is 892. The summed E-state index contributed by atoms with van der Waals surface area (Å²) in [5.41, 5.74) is 2.22. The van der Waals surface area contributed by atoms with Gasteiger partial charge in [-0.2, -0.15) is 0 Å². The van der Waals surface area contributed by atoms with Crippen LogP contribution >= 0.6 is 0 Å². The number of benzene rings is 1. The zero-order valence-electron chi connectivity index (χ0n) is 11.9. The molecule has 6 heteroatoms. The molecule has 0 fully saturated rings. The van der Waals surface area contributed by atoms with Crippen LogP contribution in [0.25, 0.3) is 16.8 Å². The van der Waals surface area contributed by atoms with Crippen LogP contribution in [0.5, 0.6) is 0 Å². The summed E-state index contributed by atoms with van der Waals surface area (Å²) in [4.78, 5) is 27.6. The summed E-state index contributed by atoms with van der Waals surface area (Å²) in [6, 6.07) is 9.05. The highest BCUT2D eigenvalue weighted by Gasteiger charge is 2.12. The van der Waals surface area contributed by atoms with E-state index in [0.717, 1.165) is 16.7 Å². The Morgan fingerprint density at radius 2 is 2.10 bits per heavy atom. The highest BCUT2D eigenvalue weighted by molar-refractivity contribution is 5.79. The number of esters is 1. The first kappa shape index (κ1) is 13.4. The minimum absolute atomic E-state index is 0.111. The highest BCUT2D eigenvalue weighted by atomic mass is 16.5. The third kappa shape index (κ3) is 2.29. The Morgan fingerprint density at radius 1 is 1.33 bits per heavy atom. The standard InChI is InChI=1S/C15H15N3O3/c1-10-9-14(20)18-13-6-4-3-5-12(13)16-15(18)17(10)7-8-21-11(2)19/h3-6,9H,7-8H2,1-2H3. The second-order valence-electron chi connectivity index (χ2n) is 4.85. The van der Waals surface area contributed by atoms with Gasteiger partial charge in [0.05, 0.1) is 17.6 Å². The number of para-hydroxylation sites is 2. The molecule has 0 unspecified atom stereocenters. The summed E-state index contributed by atoms with van der Waals surface area (Å²) in [5, 5.41) is 0. The molecule has 0 aliphatic heterocycles. The molecule has 0 N–H and O–H groups in total. The molecule has 0 saturated heterocycles. The molecule has 3 aromatic rings. The lowest BCUT2D eigenvalue weighted by atomic mass is 10.3. The molecule has 108 valence electrons. The van der Waals surface area contributed by atoms with Crippen molar-refractivity contribution in [2.75, 3.05) is 6.61 Å². The van der Waals surface area contributed by atoms with Crippen LogP contribution < -0.4 is 5.56 Å². The van der Waals surface area contributed by atoms with Gasteiger partial charge in [0, 0.05) is 18.7 Å². The number of rotatable bonds is 3. The maximum atomic E-state index is 12.2. The second-order valence-corrected chi connectivity index (χ2v) is 4.85. The summed E-state index contributed by atoms with van der Waals surface area (Å²) in [6.45, 7) is 3.92. The third-order valence-corrected chi connectivity index (χ3v) is 3.38. The van der Waals surface area contributed by atoms with E-state index in [-0.39, 0.29) is 18.1 Å². The highest BCUT2D eigenvalue weighted by Crippen LogP contribution is 2.15. The zero-order valence-corrected chi connectivity index (χ0v) is 11.9. The predicted molar refractivity (Wildman–Crippen MR) is 78.3 cm³/mol. The number of aromatic nitrogens is 3. The number of ether oxygens (including phenoxy) is 1. The van der Waals surface area contributed by atoms with Gasteiger partial charge in [-0.1, -0.05) is 12.1 Å². The molecule has 3 rings (SSSR count). The lowest BCUT2D eigenvalue weighted by Gasteiger charge is -2.11. The fourth-order valence-electron chi connectivity index (χ4n) is 2.45. The van der Waals surface area contributed by atoms with Gasteiger partial charge in [-0.15, -0.1) is 0 Å². The Labute approximate surface area is 120 Å². The molecule has 0 aliphatic carbocycles. The number of carbonyl (C=O) groups excluding carboxylic acids is 1. The lowest BCUT2D eigenvalue weighted by molar-refractivity contribution is -0.141. The van der Waals surface area contributed by atoms with Crippen molar-refractivity contribution in [2.45, 2.75) is 20.4 Å². The first-order chi connectivity index (χ1) is 10.1. The summed E-state index contributed by atoms with van der Waals surface area (Å²) >= 11 is 0. The van der Waals surface area contributed by atoms with E-state index in [2.05, 4.69) is 4.98 Å². The molecule has 0 radical (unpaired) electrons. The van der Waals surface area contributed by atoms with E-state index in [1.807, 2.05) is 35.8 Å². The molecule has 0 bridgehead atoms. The van der Waals surface area contributed by atoms with Gasteiger partial charge in [0.1, 0.15) is 6.61 Å². The third-order valence-electron chi connectivity index (χ3n) is 3.38. The predicted octanol–water partition coefficient (Wildman–Crippen LogP) is 1.52. The summed E-state index contributed by atoms with van der Waals surface area (Å²) < 4.78 is 8.44. The molecule has 2 heterocycles. The van der Waals surface area contributed by atoms with Gasteiger partial charge in [-0.25, -0.2) is 9.38 Å². The minimum Gasteiger partial charge on any atom is -0.464 e. The summed E-state index contributed by atoms with van der Waals surface area (Å²) in [6.07, 6.45) is 0. The van der Waals surface area contributed by atoms with Crippen molar-refractivity contribution in [3.05, 3.63) is 46.4 Å².